The van der Waals surface area contributed by atoms with Crippen LogP contribution in [0.15, 0.2) is 30.6 Å². The molecule has 2 aromatic heterocycles. The number of nitrogens with zero attached hydrogens (tertiary/aromatic N) is 6. The van der Waals surface area contributed by atoms with E-state index in [4.69, 9.17) is 0 Å². The van der Waals surface area contributed by atoms with Gasteiger partial charge < -0.3 is 20.1 Å². The van der Waals surface area contributed by atoms with E-state index in [0.717, 1.165) is 49.2 Å². The van der Waals surface area contributed by atoms with Gasteiger partial charge in [0.2, 0.25) is 27.8 Å². The largest absolute Gasteiger partial charge is 0.432 e. The number of ether oxygens (including phenoxy) is 1. The number of rotatable bonds is 11. The van der Waals surface area contributed by atoms with Crippen LogP contribution in [0.5, 0.6) is 5.75 Å². The average Bonchev–Trinajstić information content (AvgIpc) is 3.37. The van der Waals surface area contributed by atoms with Crippen molar-refractivity contribution in [3.05, 3.63) is 41.9 Å². The number of benzene rings is 1. The van der Waals surface area contributed by atoms with E-state index in [1.807, 2.05) is 13.1 Å². The molecule has 260 valence electrons. The fraction of sp³-hybridized carbons (Fsp3) is 0.581. The third kappa shape index (κ3) is 7.90. The number of imide groups is 1. The molecule has 3 N–H and O–H groups in total. The maximum absolute atomic E-state index is 13.1. The van der Waals surface area contributed by atoms with Crippen LogP contribution >= 0.6 is 0 Å². The number of aromatic nitrogens is 4. The van der Waals surface area contributed by atoms with Gasteiger partial charge in [0.1, 0.15) is 0 Å². The van der Waals surface area contributed by atoms with Crippen molar-refractivity contribution in [3.63, 3.8) is 0 Å². The number of piperidine rings is 3. The van der Waals surface area contributed by atoms with Crippen LogP contribution in [-0.2, 0) is 26.7 Å². The molecule has 3 aliphatic heterocycles. The summed E-state index contributed by atoms with van der Waals surface area (Å²) >= 11 is 0. The minimum Gasteiger partial charge on any atom is -0.432 e. The Kier molecular flexibility index (Phi) is 10.2. The second-order valence-electron chi connectivity index (χ2n) is 12.7. The van der Waals surface area contributed by atoms with Crippen LogP contribution < -0.4 is 15.4 Å². The summed E-state index contributed by atoms with van der Waals surface area (Å²) in [5.41, 5.74) is 2.79. The average molecular weight is 691 g/mol. The SMILES string of the molecule is Cn1nc(C2CCC(=O)NC2=O)c2ccc(C3CCN(CC(O)CS(=O)(=O)N4CCC(Nc5ncc(OC(F)F)cn5)CC4)CC3)cc21. The highest BCUT2D eigenvalue weighted by Gasteiger charge is 2.33. The van der Waals surface area contributed by atoms with Crippen molar-refractivity contribution in [1.29, 1.82) is 0 Å². The number of amides is 2. The minimum absolute atomic E-state index is 0.0875. The lowest BCUT2D eigenvalue weighted by Crippen LogP contribution is -2.47. The monoisotopic (exact) mass is 690 g/mol. The number of hydrogen-bond acceptors (Lipinski definition) is 11. The Labute approximate surface area is 276 Å². The van der Waals surface area contributed by atoms with Crippen molar-refractivity contribution in [1.82, 2.24) is 34.3 Å². The van der Waals surface area contributed by atoms with Crippen LogP contribution in [0.25, 0.3) is 10.9 Å². The zero-order valence-corrected chi connectivity index (χ0v) is 27.4. The number of halogens is 2. The van der Waals surface area contributed by atoms with Crippen LogP contribution in [0.1, 0.15) is 61.6 Å². The number of likely N-dealkylation sites (tertiary alicyclic amines) is 1. The molecule has 14 nitrogen and oxygen atoms in total. The summed E-state index contributed by atoms with van der Waals surface area (Å²) in [6.45, 7) is -0.693. The molecular formula is C31H40F2N8O6S. The Balaban J connectivity index is 0.959. The molecule has 3 fully saturated rings. The van der Waals surface area contributed by atoms with E-state index in [1.54, 1.807) is 4.68 Å². The highest BCUT2D eigenvalue weighted by atomic mass is 32.2. The van der Waals surface area contributed by atoms with Gasteiger partial charge in [-0.15, -0.1) is 0 Å². The maximum atomic E-state index is 13.1. The first-order valence-corrected chi connectivity index (χ1v) is 17.8. The van der Waals surface area contributed by atoms with Crippen LogP contribution in [0.4, 0.5) is 14.7 Å². The van der Waals surface area contributed by atoms with Crippen molar-refractivity contribution in [3.8, 4) is 5.75 Å². The molecule has 17 heteroatoms. The summed E-state index contributed by atoms with van der Waals surface area (Å²) in [5.74, 6) is -0.978. The number of nitrogens with one attached hydrogen (secondary N) is 2. The molecule has 3 aromatic rings. The number of aliphatic hydroxyl groups excluding tert-OH is 1. The Morgan fingerprint density at radius 1 is 1.06 bits per heavy atom. The summed E-state index contributed by atoms with van der Waals surface area (Å²) in [6, 6.07) is 6.12. The van der Waals surface area contributed by atoms with Gasteiger partial charge in [-0.2, -0.15) is 13.9 Å². The number of aliphatic hydroxyl groups is 1. The predicted molar refractivity (Wildman–Crippen MR) is 171 cm³/mol. The molecule has 48 heavy (non-hydrogen) atoms. The number of fused-ring (bicyclic) bond motifs is 1. The van der Waals surface area contributed by atoms with Crippen LogP contribution in [-0.4, -0.2) is 112 Å². The van der Waals surface area contributed by atoms with Crippen molar-refractivity contribution < 1.29 is 36.6 Å². The summed E-state index contributed by atoms with van der Waals surface area (Å²) in [4.78, 5) is 34.1. The van der Waals surface area contributed by atoms with Crippen LogP contribution in [0, 0.1) is 0 Å². The van der Waals surface area contributed by atoms with Crippen LogP contribution in [0.3, 0.4) is 0 Å². The van der Waals surface area contributed by atoms with Gasteiger partial charge in [-0.1, -0.05) is 12.1 Å². The quantitative estimate of drug-likeness (QED) is 0.251. The fourth-order valence-electron chi connectivity index (χ4n) is 6.93. The third-order valence-corrected chi connectivity index (χ3v) is 11.4. The Bertz CT molecular complexity index is 1720. The lowest BCUT2D eigenvalue weighted by molar-refractivity contribution is -0.134. The van der Waals surface area contributed by atoms with Gasteiger partial charge in [-0.25, -0.2) is 22.7 Å². The fourth-order valence-corrected chi connectivity index (χ4v) is 8.50. The molecule has 1 aromatic carbocycles. The number of sulfonamides is 1. The van der Waals surface area contributed by atoms with Crippen molar-refractivity contribution in [2.24, 2.45) is 7.05 Å². The standard InChI is InChI=1S/C31H40F2N8O6S/c1-39-26-14-20(2-3-24(26)28(38-39)25-4-5-27(43)37-29(25)44)19-6-10-40(11-7-19)17-22(42)18-48(45,46)41-12-8-21(9-13-41)36-31-34-15-23(16-35-31)47-30(32)33/h2-3,14-16,19,21-22,25,30,42H,4-13,17-18H2,1H3,(H,34,35,36)(H,37,43,44). The second kappa shape index (κ2) is 14.4. The molecule has 3 saturated heterocycles. The number of carbonyl (C=O) groups is 2. The van der Waals surface area contributed by atoms with Crippen LogP contribution in [0.2, 0.25) is 0 Å². The normalized spacial score (nSPS) is 21.5. The zero-order chi connectivity index (χ0) is 34.0. The Morgan fingerprint density at radius 3 is 2.44 bits per heavy atom. The van der Waals surface area contributed by atoms with E-state index in [0.29, 0.717) is 37.3 Å². The summed E-state index contributed by atoms with van der Waals surface area (Å²) in [7, 11) is -1.82. The van der Waals surface area contributed by atoms with Gasteiger partial charge >= 0.3 is 6.61 Å². The number of carbonyl (C=O) groups excluding carboxylic acids is 2. The summed E-state index contributed by atoms with van der Waals surface area (Å²) in [5, 5.41) is 21.8. The molecule has 2 unspecified atom stereocenters. The third-order valence-electron chi connectivity index (χ3n) is 9.44. The van der Waals surface area contributed by atoms with Gasteiger partial charge in [0, 0.05) is 44.5 Å². The van der Waals surface area contributed by atoms with E-state index in [2.05, 4.69) is 47.5 Å². The molecule has 0 radical (unpaired) electrons. The topological polar surface area (TPSA) is 172 Å². The minimum atomic E-state index is -3.68. The van der Waals surface area contributed by atoms with E-state index < -0.39 is 28.7 Å². The molecular weight excluding hydrogens is 650 g/mol. The van der Waals surface area contributed by atoms with Gasteiger partial charge in [0.15, 0.2) is 5.75 Å². The second-order valence-corrected chi connectivity index (χ2v) is 14.7. The first kappa shape index (κ1) is 34.1. The molecule has 6 rings (SSSR count). The van der Waals surface area contributed by atoms with E-state index >= 15 is 0 Å². The smallest absolute Gasteiger partial charge is 0.387 e. The summed E-state index contributed by atoms with van der Waals surface area (Å²) in [6.07, 6.45) is 4.73. The lowest BCUT2D eigenvalue weighted by Gasteiger charge is -2.34. The highest BCUT2D eigenvalue weighted by molar-refractivity contribution is 7.89. The van der Waals surface area contributed by atoms with Crippen molar-refractivity contribution in [2.75, 3.05) is 43.8 Å². The highest BCUT2D eigenvalue weighted by Crippen LogP contribution is 2.34. The molecule has 0 saturated carbocycles. The van der Waals surface area contributed by atoms with Crippen molar-refractivity contribution >= 4 is 38.7 Å². The first-order valence-electron chi connectivity index (χ1n) is 16.2. The molecule has 2 atom stereocenters. The number of hydrogen-bond donors (Lipinski definition) is 3. The number of alkyl halides is 2. The van der Waals surface area contributed by atoms with Gasteiger partial charge in [0.05, 0.1) is 41.4 Å². The number of β-amino-alcohol motifs (C(OH)–C–C–N with tert-alkyl or cyclic N) is 1. The lowest BCUT2D eigenvalue weighted by atomic mass is 9.87. The molecule has 0 bridgehead atoms. The van der Waals surface area contributed by atoms with Crippen molar-refractivity contribution in [2.45, 2.75) is 69.1 Å². The Morgan fingerprint density at radius 2 is 1.77 bits per heavy atom. The molecule has 0 aliphatic carbocycles. The summed E-state index contributed by atoms with van der Waals surface area (Å²) < 4.78 is 58.3. The zero-order valence-electron chi connectivity index (χ0n) is 26.6. The van der Waals surface area contributed by atoms with E-state index in [-0.39, 0.29) is 54.9 Å². The van der Waals surface area contributed by atoms with E-state index in [1.165, 1.54) is 9.87 Å². The molecule has 0 spiro atoms. The number of aryl methyl sites for hydroxylation is 1. The molecule has 3 aliphatic rings. The predicted octanol–water partition coefficient (Wildman–Crippen LogP) is 1.93. The molecule has 5 heterocycles. The first-order chi connectivity index (χ1) is 22.9. The van der Waals surface area contributed by atoms with Gasteiger partial charge in [-0.3, -0.25) is 19.6 Å². The molecule has 2 amide bonds. The Hall–Kier alpha value is -3.80. The maximum Gasteiger partial charge on any atom is 0.387 e. The van der Waals surface area contributed by atoms with E-state index in [9.17, 15) is 31.9 Å². The van der Waals surface area contributed by atoms with Gasteiger partial charge in [-0.05, 0) is 62.7 Å². The van der Waals surface area contributed by atoms with Gasteiger partial charge in [0.25, 0.3) is 0 Å². The number of anilines is 1.